The molecule has 3 N–H and O–H groups in total. The van der Waals surface area contributed by atoms with Crippen LogP contribution in [0.15, 0.2) is 24.3 Å². The third-order valence-electron chi connectivity index (χ3n) is 2.27. The predicted molar refractivity (Wildman–Crippen MR) is 58.5 cm³/mol. The molecule has 0 radical (unpaired) electrons. The van der Waals surface area contributed by atoms with Crippen LogP contribution >= 0.6 is 0 Å². The van der Waals surface area contributed by atoms with Crippen molar-refractivity contribution in [1.29, 1.82) is 0 Å². The summed E-state index contributed by atoms with van der Waals surface area (Å²) in [5.74, 6) is 0.121. The minimum absolute atomic E-state index is 0.0826. The molecule has 82 valence electrons. The maximum Gasteiger partial charge on any atom is 0.237 e. The molecular formula is C11H16N2O2. The fraction of sp³-hybridized carbons (Fsp3) is 0.364. The molecule has 0 saturated carbocycles. The zero-order valence-electron chi connectivity index (χ0n) is 8.95. The largest absolute Gasteiger partial charge is 0.508 e. The van der Waals surface area contributed by atoms with E-state index >= 15 is 0 Å². The normalized spacial score (nSPS) is 12.1. The van der Waals surface area contributed by atoms with Gasteiger partial charge in [-0.05, 0) is 20.0 Å². The number of phenols is 1. The number of amides is 1. The van der Waals surface area contributed by atoms with Crippen molar-refractivity contribution in [2.75, 3.05) is 7.05 Å². The van der Waals surface area contributed by atoms with Gasteiger partial charge in [-0.15, -0.1) is 0 Å². The van der Waals surface area contributed by atoms with Gasteiger partial charge in [0.15, 0.2) is 0 Å². The van der Waals surface area contributed by atoms with E-state index in [4.69, 9.17) is 0 Å². The highest BCUT2D eigenvalue weighted by Gasteiger charge is 2.09. The number of phenolic OH excluding ortho intramolecular Hbond substituents is 1. The molecule has 1 aromatic rings. The van der Waals surface area contributed by atoms with E-state index in [2.05, 4.69) is 10.6 Å². The van der Waals surface area contributed by atoms with E-state index in [9.17, 15) is 9.90 Å². The third kappa shape index (κ3) is 3.25. The van der Waals surface area contributed by atoms with Crippen molar-refractivity contribution in [1.82, 2.24) is 10.6 Å². The summed E-state index contributed by atoms with van der Waals surface area (Å²) in [7, 11) is 1.73. The molecule has 1 rings (SSSR count). The Labute approximate surface area is 89.3 Å². The van der Waals surface area contributed by atoms with E-state index in [-0.39, 0.29) is 17.7 Å². The second-order valence-corrected chi connectivity index (χ2v) is 3.36. The van der Waals surface area contributed by atoms with Gasteiger partial charge in [0.2, 0.25) is 5.91 Å². The van der Waals surface area contributed by atoms with Gasteiger partial charge in [-0.3, -0.25) is 4.79 Å². The number of para-hydroxylation sites is 1. The van der Waals surface area contributed by atoms with Gasteiger partial charge in [-0.1, -0.05) is 18.2 Å². The number of hydrogen-bond donors (Lipinski definition) is 3. The van der Waals surface area contributed by atoms with Gasteiger partial charge in [0.05, 0.1) is 6.04 Å². The first kappa shape index (κ1) is 11.5. The Kier molecular flexibility index (Phi) is 4.12. The molecule has 4 nitrogen and oxygen atoms in total. The molecule has 0 saturated heterocycles. The molecule has 1 amide bonds. The molecule has 4 heteroatoms. The lowest BCUT2D eigenvalue weighted by atomic mass is 10.2. The van der Waals surface area contributed by atoms with Gasteiger partial charge in [-0.25, -0.2) is 0 Å². The Bertz CT molecular complexity index is 339. The molecule has 0 spiro atoms. The monoisotopic (exact) mass is 208 g/mol. The molecule has 0 heterocycles. The predicted octanol–water partition coefficient (Wildman–Crippen LogP) is 0.616. The molecule has 0 aromatic heterocycles. The van der Waals surface area contributed by atoms with Crippen LogP contribution in [0, 0.1) is 0 Å². The minimum atomic E-state index is -0.226. The van der Waals surface area contributed by atoms with Crippen LogP contribution in [0.5, 0.6) is 5.75 Å². The minimum Gasteiger partial charge on any atom is -0.508 e. The Balaban J connectivity index is 2.51. The van der Waals surface area contributed by atoms with Crippen molar-refractivity contribution in [2.24, 2.45) is 0 Å². The maximum atomic E-state index is 11.4. The van der Waals surface area contributed by atoms with Crippen molar-refractivity contribution in [3.63, 3.8) is 0 Å². The average molecular weight is 208 g/mol. The number of benzene rings is 1. The van der Waals surface area contributed by atoms with Gasteiger partial charge in [-0.2, -0.15) is 0 Å². The van der Waals surface area contributed by atoms with Crippen molar-refractivity contribution in [3.05, 3.63) is 29.8 Å². The van der Waals surface area contributed by atoms with Gasteiger partial charge >= 0.3 is 0 Å². The number of aromatic hydroxyl groups is 1. The number of carbonyl (C=O) groups is 1. The highest BCUT2D eigenvalue weighted by Crippen LogP contribution is 2.14. The van der Waals surface area contributed by atoms with Crippen molar-refractivity contribution >= 4 is 5.91 Å². The standard InChI is InChI=1S/C11H16N2O2/c1-8(12-2)11(15)13-7-9-5-3-4-6-10(9)14/h3-6,8,12,14H,7H2,1-2H3,(H,13,15). The summed E-state index contributed by atoms with van der Waals surface area (Å²) < 4.78 is 0. The summed E-state index contributed by atoms with van der Waals surface area (Å²) in [4.78, 5) is 11.4. The number of hydrogen-bond acceptors (Lipinski definition) is 3. The van der Waals surface area contributed by atoms with Crippen LogP contribution in [0.25, 0.3) is 0 Å². The van der Waals surface area contributed by atoms with Crippen LogP contribution in [0.1, 0.15) is 12.5 Å². The Morgan fingerprint density at radius 2 is 2.13 bits per heavy atom. The van der Waals surface area contributed by atoms with E-state index in [0.29, 0.717) is 12.1 Å². The Morgan fingerprint density at radius 1 is 1.47 bits per heavy atom. The Hall–Kier alpha value is -1.55. The summed E-state index contributed by atoms with van der Waals surface area (Å²) in [6.07, 6.45) is 0. The summed E-state index contributed by atoms with van der Waals surface area (Å²) >= 11 is 0. The molecule has 15 heavy (non-hydrogen) atoms. The molecule has 1 atom stereocenters. The van der Waals surface area contributed by atoms with Crippen LogP contribution < -0.4 is 10.6 Å². The van der Waals surface area contributed by atoms with Crippen LogP contribution in [0.3, 0.4) is 0 Å². The smallest absolute Gasteiger partial charge is 0.237 e. The van der Waals surface area contributed by atoms with E-state index in [1.165, 1.54) is 0 Å². The topological polar surface area (TPSA) is 61.4 Å². The number of carbonyl (C=O) groups excluding carboxylic acids is 1. The molecule has 0 aliphatic heterocycles. The molecule has 0 aliphatic carbocycles. The Morgan fingerprint density at radius 3 is 2.73 bits per heavy atom. The lowest BCUT2D eigenvalue weighted by Gasteiger charge is -2.11. The van der Waals surface area contributed by atoms with E-state index in [1.807, 2.05) is 6.07 Å². The third-order valence-corrected chi connectivity index (χ3v) is 2.27. The van der Waals surface area contributed by atoms with Crippen LogP contribution in [-0.4, -0.2) is 24.1 Å². The van der Waals surface area contributed by atoms with Crippen molar-refractivity contribution in [2.45, 2.75) is 19.5 Å². The fourth-order valence-corrected chi connectivity index (χ4v) is 1.13. The highest BCUT2D eigenvalue weighted by atomic mass is 16.3. The average Bonchev–Trinajstić information content (AvgIpc) is 2.26. The second-order valence-electron chi connectivity index (χ2n) is 3.36. The SMILES string of the molecule is CNC(C)C(=O)NCc1ccccc1O. The molecule has 1 aromatic carbocycles. The van der Waals surface area contributed by atoms with Crippen molar-refractivity contribution < 1.29 is 9.90 Å². The van der Waals surface area contributed by atoms with Crippen LogP contribution in [-0.2, 0) is 11.3 Å². The number of nitrogens with one attached hydrogen (secondary N) is 2. The molecular weight excluding hydrogens is 192 g/mol. The van der Waals surface area contributed by atoms with Crippen molar-refractivity contribution in [3.8, 4) is 5.75 Å². The van der Waals surface area contributed by atoms with Gasteiger partial charge in [0, 0.05) is 12.1 Å². The number of rotatable bonds is 4. The summed E-state index contributed by atoms with van der Waals surface area (Å²) in [6.45, 7) is 2.12. The molecule has 0 fully saturated rings. The van der Waals surface area contributed by atoms with E-state index in [0.717, 1.165) is 0 Å². The first-order chi connectivity index (χ1) is 7.15. The fourth-order valence-electron chi connectivity index (χ4n) is 1.13. The first-order valence-corrected chi connectivity index (χ1v) is 4.87. The zero-order valence-corrected chi connectivity index (χ0v) is 8.95. The lowest BCUT2D eigenvalue weighted by Crippen LogP contribution is -2.39. The highest BCUT2D eigenvalue weighted by molar-refractivity contribution is 5.81. The second kappa shape index (κ2) is 5.36. The summed E-state index contributed by atoms with van der Waals surface area (Å²) in [6, 6.07) is 6.72. The van der Waals surface area contributed by atoms with Gasteiger partial charge in [0.25, 0.3) is 0 Å². The number of likely N-dealkylation sites (N-methyl/N-ethyl adjacent to an activating group) is 1. The van der Waals surface area contributed by atoms with Gasteiger partial charge in [0.1, 0.15) is 5.75 Å². The first-order valence-electron chi connectivity index (χ1n) is 4.87. The summed E-state index contributed by atoms with van der Waals surface area (Å²) in [5.41, 5.74) is 0.717. The van der Waals surface area contributed by atoms with Gasteiger partial charge < -0.3 is 15.7 Å². The lowest BCUT2D eigenvalue weighted by molar-refractivity contribution is -0.122. The molecule has 1 unspecified atom stereocenters. The maximum absolute atomic E-state index is 11.4. The molecule has 0 bridgehead atoms. The van der Waals surface area contributed by atoms with Crippen LogP contribution in [0.2, 0.25) is 0 Å². The molecule has 0 aliphatic rings. The van der Waals surface area contributed by atoms with Crippen LogP contribution in [0.4, 0.5) is 0 Å². The van der Waals surface area contributed by atoms with E-state index in [1.54, 1.807) is 32.2 Å². The zero-order chi connectivity index (χ0) is 11.3. The quantitative estimate of drug-likeness (QED) is 0.679. The summed E-state index contributed by atoms with van der Waals surface area (Å²) in [5, 5.41) is 15.0. The van der Waals surface area contributed by atoms with E-state index < -0.39 is 0 Å².